The van der Waals surface area contributed by atoms with Gasteiger partial charge in [0, 0.05) is 0 Å². The molecule has 1 aliphatic rings. The summed E-state index contributed by atoms with van der Waals surface area (Å²) in [5.74, 6) is 8.05. The van der Waals surface area contributed by atoms with E-state index in [1.165, 1.54) is 68.9 Å². The smallest absolute Gasteiger partial charge is 0.0109 e. The Bertz CT molecular complexity index is 598. The van der Waals surface area contributed by atoms with E-state index < -0.39 is 0 Å². The first-order chi connectivity index (χ1) is 12.8. The Kier molecular flexibility index (Phi) is 9.96. The number of allylic oxidation sites excluding steroid dienone is 3. The van der Waals surface area contributed by atoms with E-state index >= 15 is 0 Å². The van der Waals surface area contributed by atoms with Gasteiger partial charge in [-0.25, -0.2) is 0 Å². The van der Waals surface area contributed by atoms with E-state index in [0.717, 1.165) is 18.3 Å². The van der Waals surface area contributed by atoms with Crippen LogP contribution in [-0.4, -0.2) is 0 Å². The van der Waals surface area contributed by atoms with Crippen molar-refractivity contribution in [2.24, 2.45) is 11.8 Å². The van der Waals surface area contributed by atoms with Crippen LogP contribution in [0.3, 0.4) is 0 Å². The third kappa shape index (κ3) is 8.09. The van der Waals surface area contributed by atoms with Gasteiger partial charge in [-0.3, -0.25) is 0 Å². The first kappa shape index (κ1) is 20.6. The lowest BCUT2D eigenvalue weighted by Gasteiger charge is -2.26. The van der Waals surface area contributed by atoms with Crippen LogP contribution >= 0.6 is 0 Å². The molecule has 0 bridgehead atoms. The molecule has 26 heavy (non-hydrogen) atoms. The molecule has 1 aromatic rings. The monoisotopic (exact) mass is 348 g/mol. The van der Waals surface area contributed by atoms with Gasteiger partial charge in [0.2, 0.25) is 0 Å². The molecule has 0 unspecified atom stereocenters. The zero-order valence-corrected chi connectivity index (χ0v) is 16.8. The molecule has 1 saturated carbocycles. The van der Waals surface area contributed by atoms with Crippen LogP contribution in [0.5, 0.6) is 0 Å². The van der Waals surface area contributed by atoms with Gasteiger partial charge in [0.25, 0.3) is 0 Å². The molecule has 0 spiro atoms. The second kappa shape index (κ2) is 12.6. The van der Waals surface area contributed by atoms with Gasteiger partial charge in [-0.05, 0) is 73.3 Å². The van der Waals surface area contributed by atoms with Gasteiger partial charge in [0.15, 0.2) is 0 Å². The first-order valence-electron chi connectivity index (χ1n) is 10.7. The molecule has 0 aromatic heterocycles. The fourth-order valence-electron chi connectivity index (χ4n) is 3.85. The molecule has 2 rings (SSSR count). The number of benzene rings is 1. The van der Waals surface area contributed by atoms with Crippen molar-refractivity contribution in [1.82, 2.24) is 0 Å². The Morgan fingerprint density at radius 3 is 2.31 bits per heavy atom. The standard InChI is InChI=1S/C26H36/c1-3-5-8-12-24-19-21-26(22-20-24)14-10-7-6-9-13-25-17-15-23(11-4-2)16-18-25/h9-10,13-18,24,26H,3-5,8,11-12,19-22H2,1-2H3/b13-9+,14-10+/t24-,26-. The Morgan fingerprint density at radius 2 is 1.62 bits per heavy atom. The van der Waals surface area contributed by atoms with Crippen LogP contribution in [-0.2, 0) is 6.42 Å². The maximum absolute atomic E-state index is 3.17. The Morgan fingerprint density at radius 1 is 0.885 bits per heavy atom. The van der Waals surface area contributed by atoms with E-state index in [2.05, 4.69) is 68.2 Å². The molecule has 0 heterocycles. The Hall–Kier alpha value is -1.74. The summed E-state index contributed by atoms with van der Waals surface area (Å²) in [5, 5.41) is 0. The van der Waals surface area contributed by atoms with E-state index in [0.29, 0.717) is 0 Å². The van der Waals surface area contributed by atoms with Gasteiger partial charge >= 0.3 is 0 Å². The van der Waals surface area contributed by atoms with E-state index in [9.17, 15) is 0 Å². The molecule has 0 saturated heterocycles. The normalized spacial score (nSPS) is 20.4. The zero-order chi connectivity index (χ0) is 18.5. The molecule has 140 valence electrons. The average Bonchev–Trinajstić information content (AvgIpc) is 2.67. The van der Waals surface area contributed by atoms with Crippen molar-refractivity contribution >= 4 is 6.08 Å². The number of aryl methyl sites for hydroxylation is 1. The van der Waals surface area contributed by atoms with Gasteiger partial charge in [-0.2, -0.15) is 0 Å². The summed E-state index contributed by atoms with van der Waals surface area (Å²) in [6, 6.07) is 8.79. The highest BCUT2D eigenvalue weighted by molar-refractivity contribution is 5.53. The third-order valence-electron chi connectivity index (χ3n) is 5.52. The van der Waals surface area contributed by atoms with Crippen molar-refractivity contribution < 1.29 is 0 Å². The van der Waals surface area contributed by atoms with Crippen LogP contribution in [0.25, 0.3) is 6.08 Å². The summed E-state index contributed by atoms with van der Waals surface area (Å²) in [6.07, 6.45) is 22.0. The molecular formula is C26H36. The molecular weight excluding hydrogens is 312 g/mol. The molecule has 1 aliphatic carbocycles. The van der Waals surface area contributed by atoms with Crippen molar-refractivity contribution in [2.75, 3.05) is 0 Å². The highest BCUT2D eigenvalue weighted by Gasteiger charge is 2.18. The minimum atomic E-state index is 0.752. The summed E-state index contributed by atoms with van der Waals surface area (Å²) in [7, 11) is 0. The molecule has 0 heteroatoms. The highest BCUT2D eigenvalue weighted by atomic mass is 14.2. The molecule has 0 nitrogen and oxygen atoms in total. The molecule has 0 N–H and O–H groups in total. The summed E-state index contributed by atoms with van der Waals surface area (Å²) < 4.78 is 0. The molecule has 0 atom stereocenters. The van der Waals surface area contributed by atoms with Crippen molar-refractivity contribution in [3.05, 3.63) is 53.6 Å². The molecule has 0 aliphatic heterocycles. The van der Waals surface area contributed by atoms with E-state index in [-0.39, 0.29) is 0 Å². The lowest BCUT2D eigenvalue weighted by atomic mass is 9.79. The highest BCUT2D eigenvalue weighted by Crippen LogP contribution is 2.32. The molecule has 0 amide bonds. The lowest BCUT2D eigenvalue weighted by molar-refractivity contribution is 0.289. The summed E-state index contributed by atoms with van der Waals surface area (Å²) in [4.78, 5) is 0. The molecule has 1 aromatic carbocycles. The van der Waals surface area contributed by atoms with Crippen molar-refractivity contribution in [2.45, 2.75) is 78.1 Å². The van der Waals surface area contributed by atoms with E-state index in [1.54, 1.807) is 0 Å². The fourth-order valence-corrected chi connectivity index (χ4v) is 3.85. The first-order valence-corrected chi connectivity index (χ1v) is 10.7. The molecule has 0 radical (unpaired) electrons. The maximum Gasteiger partial charge on any atom is -0.0109 e. The summed E-state index contributed by atoms with van der Waals surface area (Å²) in [5.41, 5.74) is 2.64. The minimum Gasteiger partial charge on any atom is -0.0730 e. The number of unbranched alkanes of at least 4 members (excludes halogenated alkanes) is 2. The summed E-state index contributed by atoms with van der Waals surface area (Å²) >= 11 is 0. The van der Waals surface area contributed by atoms with Crippen LogP contribution in [0.15, 0.2) is 42.5 Å². The van der Waals surface area contributed by atoms with E-state index in [4.69, 9.17) is 0 Å². The Labute approximate surface area is 161 Å². The van der Waals surface area contributed by atoms with E-state index in [1.807, 2.05) is 6.08 Å². The van der Waals surface area contributed by atoms with Gasteiger partial charge in [-0.1, -0.05) is 88.1 Å². The Balaban J connectivity index is 1.67. The van der Waals surface area contributed by atoms with Crippen LogP contribution in [0, 0.1) is 23.7 Å². The largest absolute Gasteiger partial charge is 0.0730 e. The van der Waals surface area contributed by atoms with Gasteiger partial charge < -0.3 is 0 Å². The molecule has 1 fully saturated rings. The quantitative estimate of drug-likeness (QED) is 0.335. The van der Waals surface area contributed by atoms with Gasteiger partial charge in [0.1, 0.15) is 0 Å². The minimum absolute atomic E-state index is 0.752. The van der Waals surface area contributed by atoms with Crippen LogP contribution in [0.1, 0.15) is 82.8 Å². The third-order valence-corrected chi connectivity index (χ3v) is 5.52. The SMILES string of the molecule is CCCCC[C@H]1CC[C@H](/C=C/C#C/C=C/c2ccc(CCC)cc2)CC1. The lowest BCUT2D eigenvalue weighted by Crippen LogP contribution is -2.12. The topological polar surface area (TPSA) is 0 Å². The van der Waals surface area contributed by atoms with Crippen LogP contribution < -0.4 is 0 Å². The van der Waals surface area contributed by atoms with Crippen molar-refractivity contribution in [3.8, 4) is 11.8 Å². The predicted octanol–water partition coefficient (Wildman–Crippen LogP) is 7.60. The zero-order valence-electron chi connectivity index (χ0n) is 16.8. The number of hydrogen-bond acceptors (Lipinski definition) is 0. The maximum atomic E-state index is 3.17. The van der Waals surface area contributed by atoms with Crippen LogP contribution in [0.4, 0.5) is 0 Å². The number of rotatable bonds is 8. The summed E-state index contributed by atoms with van der Waals surface area (Å²) in [6.45, 7) is 4.51. The fraction of sp³-hybridized carbons (Fsp3) is 0.538. The number of hydrogen-bond donors (Lipinski definition) is 0. The second-order valence-corrected chi connectivity index (χ2v) is 7.75. The van der Waals surface area contributed by atoms with Crippen molar-refractivity contribution in [3.63, 3.8) is 0 Å². The second-order valence-electron chi connectivity index (χ2n) is 7.75. The van der Waals surface area contributed by atoms with Gasteiger partial charge in [-0.15, -0.1) is 0 Å². The van der Waals surface area contributed by atoms with Gasteiger partial charge in [0.05, 0.1) is 0 Å². The van der Waals surface area contributed by atoms with Crippen molar-refractivity contribution in [1.29, 1.82) is 0 Å². The average molecular weight is 349 g/mol. The van der Waals surface area contributed by atoms with Crippen LogP contribution in [0.2, 0.25) is 0 Å². The predicted molar refractivity (Wildman–Crippen MR) is 116 cm³/mol.